The number of nitrogens with one attached hydrogen (secondary N) is 1. The normalized spacial score (nSPS) is 23.0. The zero-order valence-electron chi connectivity index (χ0n) is 10.9. The van der Waals surface area contributed by atoms with Crippen molar-refractivity contribution in [2.75, 3.05) is 6.54 Å². The maximum Gasteiger partial charge on any atom is 0.127 e. The number of aliphatic hydroxyl groups excluding tert-OH is 1. The van der Waals surface area contributed by atoms with E-state index < -0.39 is 0 Å². The van der Waals surface area contributed by atoms with Crippen molar-refractivity contribution < 1.29 is 9.50 Å². The highest BCUT2D eigenvalue weighted by molar-refractivity contribution is 5.33. The first kappa shape index (κ1) is 14.0. The van der Waals surface area contributed by atoms with Crippen LogP contribution in [-0.2, 0) is 6.54 Å². The quantitative estimate of drug-likeness (QED) is 0.875. The predicted molar refractivity (Wildman–Crippen MR) is 70.8 cm³/mol. The molecule has 19 heavy (non-hydrogen) atoms. The van der Waals surface area contributed by atoms with Gasteiger partial charge in [-0.15, -0.1) is 0 Å². The van der Waals surface area contributed by atoms with Crippen molar-refractivity contribution in [3.05, 3.63) is 35.1 Å². The van der Waals surface area contributed by atoms with E-state index in [2.05, 4.69) is 5.32 Å². The zero-order chi connectivity index (χ0) is 13.7. The zero-order valence-corrected chi connectivity index (χ0v) is 10.9. The molecule has 3 nitrogen and oxygen atoms in total. The van der Waals surface area contributed by atoms with Crippen LogP contribution in [0.4, 0.5) is 4.39 Å². The summed E-state index contributed by atoms with van der Waals surface area (Å²) in [6, 6.07) is 6.41. The van der Waals surface area contributed by atoms with Crippen LogP contribution < -0.4 is 5.32 Å². The molecule has 1 saturated carbocycles. The third-order valence-corrected chi connectivity index (χ3v) is 3.68. The fourth-order valence-corrected chi connectivity index (χ4v) is 2.64. The number of halogens is 1. The Balaban J connectivity index is 1.84. The van der Waals surface area contributed by atoms with Gasteiger partial charge in [0.15, 0.2) is 0 Å². The van der Waals surface area contributed by atoms with E-state index in [0.717, 1.165) is 32.2 Å². The van der Waals surface area contributed by atoms with Gasteiger partial charge in [0.25, 0.3) is 0 Å². The van der Waals surface area contributed by atoms with Gasteiger partial charge in [0, 0.05) is 12.1 Å². The SMILES string of the molecule is N#Cc1ccc(F)c(CNCC2CCCC(O)C2)c1. The van der Waals surface area contributed by atoms with Gasteiger partial charge in [-0.1, -0.05) is 6.42 Å². The third kappa shape index (κ3) is 4.02. The summed E-state index contributed by atoms with van der Waals surface area (Å²) in [6.07, 6.45) is 3.72. The molecule has 4 heteroatoms. The molecule has 0 radical (unpaired) electrons. The Kier molecular flexibility index (Phi) is 4.89. The van der Waals surface area contributed by atoms with Crippen molar-refractivity contribution >= 4 is 0 Å². The molecule has 0 amide bonds. The van der Waals surface area contributed by atoms with Crippen molar-refractivity contribution in [2.24, 2.45) is 5.92 Å². The van der Waals surface area contributed by atoms with E-state index in [1.54, 1.807) is 6.07 Å². The highest BCUT2D eigenvalue weighted by Gasteiger charge is 2.19. The van der Waals surface area contributed by atoms with E-state index in [-0.39, 0.29) is 11.9 Å². The number of benzene rings is 1. The molecule has 1 fully saturated rings. The highest BCUT2D eigenvalue weighted by atomic mass is 19.1. The molecule has 102 valence electrons. The third-order valence-electron chi connectivity index (χ3n) is 3.68. The van der Waals surface area contributed by atoms with Crippen LogP contribution in [0.15, 0.2) is 18.2 Å². The second-order valence-corrected chi connectivity index (χ2v) is 5.24. The molecular weight excluding hydrogens is 243 g/mol. The Bertz CT molecular complexity index is 470. The molecule has 0 aromatic heterocycles. The van der Waals surface area contributed by atoms with Crippen LogP contribution in [0.5, 0.6) is 0 Å². The topological polar surface area (TPSA) is 56.0 Å². The van der Waals surface area contributed by atoms with Gasteiger partial charge in [0.1, 0.15) is 5.82 Å². The van der Waals surface area contributed by atoms with Gasteiger partial charge in [0.05, 0.1) is 17.7 Å². The lowest BCUT2D eigenvalue weighted by Crippen LogP contribution is -2.29. The maximum absolute atomic E-state index is 13.5. The number of rotatable bonds is 4. The van der Waals surface area contributed by atoms with Gasteiger partial charge < -0.3 is 10.4 Å². The largest absolute Gasteiger partial charge is 0.393 e. The van der Waals surface area contributed by atoms with Crippen molar-refractivity contribution in [3.63, 3.8) is 0 Å². The number of aliphatic hydroxyl groups is 1. The van der Waals surface area contributed by atoms with Crippen LogP contribution in [0.1, 0.15) is 36.8 Å². The van der Waals surface area contributed by atoms with Crippen LogP contribution in [0.2, 0.25) is 0 Å². The molecule has 1 aromatic rings. The Morgan fingerprint density at radius 1 is 1.42 bits per heavy atom. The van der Waals surface area contributed by atoms with Gasteiger partial charge in [-0.25, -0.2) is 4.39 Å². The van der Waals surface area contributed by atoms with Crippen molar-refractivity contribution in [2.45, 2.75) is 38.3 Å². The number of hydrogen-bond donors (Lipinski definition) is 2. The van der Waals surface area contributed by atoms with Gasteiger partial charge in [0.2, 0.25) is 0 Å². The summed E-state index contributed by atoms with van der Waals surface area (Å²) in [7, 11) is 0. The minimum Gasteiger partial charge on any atom is -0.393 e. The Morgan fingerprint density at radius 2 is 2.26 bits per heavy atom. The predicted octanol–water partition coefficient (Wildman–Crippen LogP) is 2.34. The second-order valence-electron chi connectivity index (χ2n) is 5.24. The minimum absolute atomic E-state index is 0.181. The number of hydrogen-bond acceptors (Lipinski definition) is 3. The number of nitriles is 1. The first-order chi connectivity index (χ1) is 9.19. The summed E-state index contributed by atoms with van der Waals surface area (Å²) in [5.41, 5.74) is 1.00. The molecular formula is C15H19FN2O. The second kappa shape index (κ2) is 6.65. The van der Waals surface area contributed by atoms with Gasteiger partial charge in [-0.3, -0.25) is 0 Å². The highest BCUT2D eigenvalue weighted by Crippen LogP contribution is 2.23. The minimum atomic E-state index is -0.282. The average Bonchev–Trinajstić information content (AvgIpc) is 2.41. The Morgan fingerprint density at radius 3 is 3.00 bits per heavy atom. The molecule has 0 aliphatic heterocycles. The van der Waals surface area contributed by atoms with E-state index in [9.17, 15) is 9.50 Å². The molecule has 1 aliphatic carbocycles. The summed E-state index contributed by atoms with van der Waals surface area (Å²) in [5.74, 6) is 0.182. The number of nitrogens with zero attached hydrogens (tertiary/aromatic N) is 1. The van der Waals surface area contributed by atoms with Crippen molar-refractivity contribution in [3.8, 4) is 6.07 Å². The standard InChI is InChI=1S/C15H19FN2O/c16-15-5-4-11(8-17)6-13(15)10-18-9-12-2-1-3-14(19)7-12/h4-6,12,14,18-19H,1-3,7,9-10H2. The molecule has 2 unspecified atom stereocenters. The van der Waals surface area contributed by atoms with Crippen molar-refractivity contribution in [1.29, 1.82) is 5.26 Å². The van der Waals surface area contributed by atoms with E-state index in [0.29, 0.717) is 23.6 Å². The fraction of sp³-hybridized carbons (Fsp3) is 0.533. The van der Waals surface area contributed by atoms with Crippen LogP contribution in [0, 0.1) is 23.1 Å². The van der Waals surface area contributed by atoms with Gasteiger partial charge >= 0.3 is 0 Å². The Hall–Kier alpha value is -1.44. The lowest BCUT2D eigenvalue weighted by molar-refractivity contribution is 0.101. The molecule has 2 N–H and O–H groups in total. The summed E-state index contributed by atoms with van der Waals surface area (Å²) in [4.78, 5) is 0. The molecule has 1 aromatic carbocycles. The van der Waals surface area contributed by atoms with E-state index in [1.807, 2.05) is 6.07 Å². The molecule has 0 spiro atoms. The molecule has 0 saturated heterocycles. The first-order valence-corrected chi connectivity index (χ1v) is 6.76. The van der Waals surface area contributed by atoms with E-state index >= 15 is 0 Å². The summed E-state index contributed by atoms with van der Waals surface area (Å²) in [5, 5.41) is 21.6. The van der Waals surface area contributed by atoms with Crippen LogP contribution in [-0.4, -0.2) is 17.8 Å². The first-order valence-electron chi connectivity index (χ1n) is 6.76. The van der Waals surface area contributed by atoms with Crippen LogP contribution in [0.3, 0.4) is 0 Å². The van der Waals surface area contributed by atoms with Crippen molar-refractivity contribution in [1.82, 2.24) is 5.32 Å². The molecule has 0 bridgehead atoms. The lowest BCUT2D eigenvalue weighted by atomic mass is 9.87. The lowest BCUT2D eigenvalue weighted by Gasteiger charge is -2.26. The van der Waals surface area contributed by atoms with Gasteiger partial charge in [-0.2, -0.15) is 5.26 Å². The maximum atomic E-state index is 13.5. The molecule has 2 rings (SSSR count). The molecule has 2 atom stereocenters. The van der Waals surface area contributed by atoms with Crippen LogP contribution in [0.25, 0.3) is 0 Å². The van der Waals surface area contributed by atoms with E-state index in [1.165, 1.54) is 12.1 Å². The fourth-order valence-electron chi connectivity index (χ4n) is 2.64. The Labute approximate surface area is 113 Å². The van der Waals surface area contributed by atoms with Gasteiger partial charge in [-0.05, 0) is 49.9 Å². The molecule has 1 aliphatic rings. The molecule has 0 heterocycles. The summed E-state index contributed by atoms with van der Waals surface area (Å²) >= 11 is 0. The average molecular weight is 262 g/mol. The summed E-state index contributed by atoms with van der Waals surface area (Å²) < 4.78 is 13.5. The van der Waals surface area contributed by atoms with E-state index in [4.69, 9.17) is 5.26 Å². The summed E-state index contributed by atoms with van der Waals surface area (Å²) in [6.45, 7) is 1.21. The smallest absolute Gasteiger partial charge is 0.127 e. The monoisotopic (exact) mass is 262 g/mol. The van der Waals surface area contributed by atoms with Crippen LogP contribution >= 0.6 is 0 Å².